The van der Waals surface area contributed by atoms with Gasteiger partial charge in [-0.25, -0.2) is 14.6 Å². The van der Waals surface area contributed by atoms with Crippen molar-refractivity contribution < 1.29 is 19.8 Å². The zero-order valence-electron chi connectivity index (χ0n) is 18.9. The summed E-state index contributed by atoms with van der Waals surface area (Å²) in [4.78, 5) is 27.7. The van der Waals surface area contributed by atoms with Crippen LogP contribution in [0.2, 0.25) is 0 Å². The van der Waals surface area contributed by atoms with Crippen LogP contribution in [0.4, 0.5) is 0 Å². The molecule has 6 nitrogen and oxygen atoms in total. The molecule has 0 fully saturated rings. The van der Waals surface area contributed by atoms with Gasteiger partial charge in [-0.3, -0.25) is 0 Å². The Morgan fingerprint density at radius 2 is 1.67 bits per heavy atom. The van der Waals surface area contributed by atoms with E-state index < -0.39 is 11.9 Å². The van der Waals surface area contributed by atoms with Crippen molar-refractivity contribution in [2.24, 2.45) is 0 Å². The van der Waals surface area contributed by atoms with Crippen molar-refractivity contribution in [1.82, 2.24) is 9.55 Å². The lowest BCUT2D eigenvalue weighted by Crippen LogP contribution is -2.09. The molecule has 0 aliphatic carbocycles. The number of benzene rings is 2. The summed E-state index contributed by atoms with van der Waals surface area (Å²) in [6.07, 6.45) is 9.02. The average Bonchev–Trinajstić information content (AvgIpc) is 3.18. The molecule has 3 aromatic rings. The lowest BCUT2D eigenvalue weighted by Gasteiger charge is -2.12. The van der Waals surface area contributed by atoms with Crippen molar-refractivity contribution >= 4 is 18.0 Å². The van der Waals surface area contributed by atoms with Crippen LogP contribution in [-0.2, 0) is 24.2 Å². The van der Waals surface area contributed by atoms with E-state index >= 15 is 0 Å². The van der Waals surface area contributed by atoms with E-state index in [-0.39, 0.29) is 5.56 Å². The van der Waals surface area contributed by atoms with Gasteiger partial charge < -0.3 is 14.8 Å². The summed E-state index contributed by atoms with van der Waals surface area (Å²) in [6.45, 7) is 2.66. The van der Waals surface area contributed by atoms with Crippen molar-refractivity contribution in [2.45, 2.75) is 52.0 Å². The fraction of sp³-hybridized carbons (Fsp3) is 0.296. The fourth-order valence-corrected chi connectivity index (χ4v) is 3.75. The molecule has 6 heteroatoms. The monoisotopic (exact) mass is 446 g/mol. The summed E-state index contributed by atoms with van der Waals surface area (Å²) >= 11 is 0. The molecule has 1 heterocycles. The second kappa shape index (κ2) is 11.8. The van der Waals surface area contributed by atoms with Crippen LogP contribution >= 0.6 is 0 Å². The van der Waals surface area contributed by atoms with Gasteiger partial charge in [-0.2, -0.15) is 0 Å². The summed E-state index contributed by atoms with van der Waals surface area (Å²) in [5.41, 5.74) is 3.13. The number of rotatable bonds is 12. The molecule has 0 atom stereocenters. The molecule has 0 saturated heterocycles. The molecule has 0 bridgehead atoms. The quantitative estimate of drug-likeness (QED) is 0.285. The first kappa shape index (κ1) is 24.0. The Kier molecular flexibility index (Phi) is 8.58. The highest BCUT2D eigenvalue weighted by Gasteiger charge is 2.14. The third kappa shape index (κ3) is 6.91. The molecule has 172 valence electrons. The summed E-state index contributed by atoms with van der Waals surface area (Å²) in [5.74, 6) is -1.01. The minimum atomic E-state index is -0.962. The molecule has 0 radical (unpaired) electrons. The number of aromatic carboxylic acids is 1. The van der Waals surface area contributed by atoms with E-state index in [1.807, 2.05) is 34.9 Å². The second-order valence-corrected chi connectivity index (χ2v) is 8.14. The van der Waals surface area contributed by atoms with Gasteiger partial charge in [-0.05, 0) is 35.8 Å². The number of hydrogen-bond acceptors (Lipinski definition) is 3. The van der Waals surface area contributed by atoms with Crippen LogP contribution < -0.4 is 0 Å². The normalized spacial score (nSPS) is 11.5. The molecule has 3 rings (SSSR count). The smallest absolute Gasteiger partial charge is 0.335 e. The highest BCUT2D eigenvalue weighted by molar-refractivity contribution is 5.92. The molecule has 0 saturated carbocycles. The van der Waals surface area contributed by atoms with Gasteiger partial charge >= 0.3 is 11.9 Å². The van der Waals surface area contributed by atoms with E-state index in [9.17, 15) is 14.7 Å². The van der Waals surface area contributed by atoms with Crippen LogP contribution in [0.5, 0.6) is 0 Å². The first-order chi connectivity index (χ1) is 16.0. The maximum Gasteiger partial charge on any atom is 0.335 e. The van der Waals surface area contributed by atoms with Gasteiger partial charge in [-0.15, -0.1) is 0 Å². The highest BCUT2D eigenvalue weighted by Crippen LogP contribution is 2.19. The molecule has 0 aliphatic heterocycles. The molecule has 0 amide bonds. The second-order valence-electron chi connectivity index (χ2n) is 8.14. The number of carboxylic acid groups (broad SMARTS) is 2. The van der Waals surface area contributed by atoms with Crippen molar-refractivity contribution in [3.05, 3.63) is 94.6 Å². The van der Waals surface area contributed by atoms with Crippen LogP contribution in [-0.4, -0.2) is 31.7 Å². The molecular weight excluding hydrogens is 416 g/mol. The Morgan fingerprint density at radius 1 is 0.939 bits per heavy atom. The Morgan fingerprint density at radius 3 is 2.30 bits per heavy atom. The number of hydrogen-bond donors (Lipinski definition) is 2. The van der Waals surface area contributed by atoms with Gasteiger partial charge in [0.1, 0.15) is 5.82 Å². The predicted octanol–water partition coefficient (Wildman–Crippen LogP) is 5.46. The number of unbranched alkanes of at least 4 members (excludes halogenated alkanes) is 3. The topological polar surface area (TPSA) is 92.4 Å². The Labute approximate surface area is 194 Å². The third-order valence-electron chi connectivity index (χ3n) is 5.60. The molecule has 0 unspecified atom stereocenters. The van der Waals surface area contributed by atoms with Crippen molar-refractivity contribution in [3.63, 3.8) is 0 Å². The molecule has 1 aromatic heterocycles. The van der Waals surface area contributed by atoms with Gasteiger partial charge in [0.25, 0.3) is 0 Å². The Hall–Kier alpha value is -3.67. The SMILES string of the molecule is CCCCCCc1ncc(C=C(Cc2ccccc2)C(=O)O)n1Cc1ccc(C(=O)O)cc1. The first-order valence-corrected chi connectivity index (χ1v) is 11.3. The van der Waals surface area contributed by atoms with Gasteiger partial charge in [0.15, 0.2) is 0 Å². The van der Waals surface area contributed by atoms with Crippen LogP contribution in [0.3, 0.4) is 0 Å². The first-order valence-electron chi connectivity index (χ1n) is 11.3. The third-order valence-corrected chi connectivity index (χ3v) is 5.60. The molecule has 33 heavy (non-hydrogen) atoms. The van der Waals surface area contributed by atoms with E-state index in [1.54, 1.807) is 36.5 Å². The maximum atomic E-state index is 12.0. The minimum Gasteiger partial charge on any atom is -0.478 e. The zero-order chi connectivity index (χ0) is 23.6. The van der Waals surface area contributed by atoms with E-state index in [0.717, 1.165) is 48.3 Å². The lowest BCUT2D eigenvalue weighted by atomic mass is 10.0. The maximum absolute atomic E-state index is 12.0. The van der Waals surface area contributed by atoms with Gasteiger partial charge in [0.05, 0.1) is 17.5 Å². The predicted molar refractivity (Wildman–Crippen MR) is 128 cm³/mol. The molecule has 2 aromatic carbocycles. The standard InChI is InChI=1S/C27H30N2O4/c1-2-3-4-8-11-25-28-18-24(17-23(27(32)33)16-20-9-6-5-7-10-20)29(25)19-21-12-14-22(15-13-21)26(30)31/h5-7,9-10,12-15,17-18H,2-4,8,11,16,19H2,1H3,(H,30,31)(H,32,33). The average molecular weight is 447 g/mol. The number of carbonyl (C=O) groups is 2. The fourth-order valence-electron chi connectivity index (χ4n) is 3.75. The molecule has 0 spiro atoms. The van der Waals surface area contributed by atoms with Gasteiger partial charge in [-0.1, -0.05) is 68.7 Å². The van der Waals surface area contributed by atoms with E-state index in [0.29, 0.717) is 18.5 Å². The van der Waals surface area contributed by atoms with Crippen molar-refractivity contribution in [2.75, 3.05) is 0 Å². The largest absolute Gasteiger partial charge is 0.478 e. The number of aromatic nitrogens is 2. The number of aliphatic carboxylic acids is 1. The Bertz CT molecular complexity index is 1100. The van der Waals surface area contributed by atoms with Crippen molar-refractivity contribution in [1.29, 1.82) is 0 Å². The van der Waals surface area contributed by atoms with Crippen molar-refractivity contribution in [3.8, 4) is 0 Å². The minimum absolute atomic E-state index is 0.236. The number of aryl methyl sites for hydroxylation is 1. The zero-order valence-corrected chi connectivity index (χ0v) is 18.9. The highest BCUT2D eigenvalue weighted by atomic mass is 16.4. The Balaban J connectivity index is 1.91. The van der Waals surface area contributed by atoms with E-state index in [2.05, 4.69) is 11.9 Å². The van der Waals surface area contributed by atoms with E-state index in [4.69, 9.17) is 5.11 Å². The summed E-state index contributed by atoms with van der Waals surface area (Å²) in [5, 5.41) is 19.0. The summed E-state index contributed by atoms with van der Waals surface area (Å²) in [7, 11) is 0. The van der Waals surface area contributed by atoms with Crippen LogP contribution in [0.1, 0.15) is 65.6 Å². The van der Waals surface area contributed by atoms with Crippen LogP contribution in [0.25, 0.3) is 6.08 Å². The summed E-state index contributed by atoms with van der Waals surface area (Å²) < 4.78 is 2.04. The summed E-state index contributed by atoms with van der Waals surface area (Å²) in [6, 6.07) is 16.3. The lowest BCUT2D eigenvalue weighted by molar-refractivity contribution is -0.132. The van der Waals surface area contributed by atoms with Gasteiger partial charge in [0.2, 0.25) is 0 Å². The molecule has 0 aliphatic rings. The van der Waals surface area contributed by atoms with Gasteiger partial charge in [0, 0.05) is 25.0 Å². The van der Waals surface area contributed by atoms with Crippen LogP contribution in [0, 0.1) is 0 Å². The molecular formula is C27H30N2O4. The number of imidazole rings is 1. The number of carboxylic acids is 2. The number of nitrogens with zero attached hydrogens (tertiary/aromatic N) is 2. The van der Waals surface area contributed by atoms with Crippen LogP contribution in [0.15, 0.2) is 66.4 Å². The molecule has 2 N–H and O–H groups in total. The van der Waals surface area contributed by atoms with E-state index in [1.165, 1.54) is 6.42 Å².